The predicted octanol–water partition coefficient (Wildman–Crippen LogP) is 2.74. The Balaban J connectivity index is 1.87. The lowest BCUT2D eigenvalue weighted by molar-refractivity contribution is -0.125. The number of amides is 1. The van der Waals surface area contributed by atoms with Gasteiger partial charge in [0.1, 0.15) is 5.71 Å². The van der Waals surface area contributed by atoms with Crippen molar-refractivity contribution in [3.63, 3.8) is 0 Å². The molecule has 1 aromatic rings. The Labute approximate surface area is 153 Å². The van der Waals surface area contributed by atoms with Crippen molar-refractivity contribution in [1.82, 2.24) is 10.2 Å². The number of fused-ring (bicyclic) bond motifs is 1. The van der Waals surface area contributed by atoms with E-state index in [1.807, 2.05) is 24.3 Å². The Morgan fingerprint density at radius 1 is 1.35 bits per heavy atom. The van der Waals surface area contributed by atoms with Crippen molar-refractivity contribution in [3.05, 3.63) is 59.0 Å². The third-order valence-corrected chi connectivity index (χ3v) is 4.88. The van der Waals surface area contributed by atoms with Gasteiger partial charge in [-0.3, -0.25) is 10.2 Å². The number of hydrogen-bond donors (Lipinski definition) is 4. The largest absolute Gasteiger partial charge is 0.512 e. The number of aliphatic hydroxyl groups excluding tert-OH is 1. The minimum Gasteiger partial charge on any atom is -0.512 e. The van der Waals surface area contributed by atoms with Crippen LogP contribution in [-0.2, 0) is 11.3 Å². The molecule has 1 atom stereocenters. The summed E-state index contributed by atoms with van der Waals surface area (Å²) < 4.78 is 0. The zero-order valence-electron chi connectivity index (χ0n) is 14.8. The number of hydrogen-bond acceptors (Lipinski definition) is 5. The molecule has 1 fully saturated rings. The minimum atomic E-state index is -0.398. The first-order valence-corrected chi connectivity index (χ1v) is 8.79. The Morgan fingerprint density at radius 3 is 2.73 bits per heavy atom. The summed E-state index contributed by atoms with van der Waals surface area (Å²) in [6.07, 6.45) is 6.19. The molecule has 0 radical (unpaired) electrons. The molecule has 0 bridgehead atoms. The third-order valence-electron chi connectivity index (χ3n) is 4.88. The van der Waals surface area contributed by atoms with Gasteiger partial charge in [0.15, 0.2) is 0 Å². The predicted molar refractivity (Wildman–Crippen MR) is 102 cm³/mol. The Bertz CT molecular complexity index is 793. The van der Waals surface area contributed by atoms with Gasteiger partial charge in [-0.2, -0.15) is 0 Å². The molecule has 1 aliphatic heterocycles. The van der Waals surface area contributed by atoms with Crippen LogP contribution in [0.15, 0.2) is 47.9 Å². The average molecular weight is 352 g/mol. The molecule has 1 aromatic carbocycles. The fourth-order valence-corrected chi connectivity index (χ4v) is 3.33. The highest BCUT2D eigenvalue weighted by atomic mass is 16.3. The maximum atomic E-state index is 12.8. The standard InChI is InChI=1S/C20H24N4O2/c1-23-10-15(9-21)17-12-24(11-14-4-2-3-5-16(14)17)20(26)18(22)8-19(25)13-6-7-13/h2-5,8-10,13,17,21-23,25H,6-7,11-12H2,1H3/b15-10+,19-8-,21-9?,22-18?/t17-/m1/s1. The molecule has 0 unspecified atom stereocenters. The Morgan fingerprint density at radius 2 is 2.08 bits per heavy atom. The molecule has 2 aliphatic rings. The van der Waals surface area contributed by atoms with Gasteiger partial charge in [-0.15, -0.1) is 0 Å². The van der Waals surface area contributed by atoms with Crippen LogP contribution in [0.2, 0.25) is 0 Å². The van der Waals surface area contributed by atoms with E-state index in [1.165, 1.54) is 12.3 Å². The molecular formula is C20H24N4O2. The molecule has 0 aromatic heterocycles. The van der Waals surface area contributed by atoms with Gasteiger partial charge in [-0.25, -0.2) is 0 Å². The Kier molecular flexibility index (Phi) is 5.21. The summed E-state index contributed by atoms with van der Waals surface area (Å²) in [5.41, 5.74) is 2.70. The molecule has 0 saturated heterocycles. The fraction of sp³-hybridized carbons (Fsp3) is 0.350. The van der Waals surface area contributed by atoms with E-state index in [0.29, 0.717) is 13.1 Å². The molecule has 136 valence electrons. The van der Waals surface area contributed by atoms with Gasteiger partial charge in [0.2, 0.25) is 0 Å². The summed E-state index contributed by atoms with van der Waals surface area (Å²) in [6, 6.07) is 7.89. The first kappa shape index (κ1) is 17.9. The third kappa shape index (κ3) is 3.69. The van der Waals surface area contributed by atoms with Gasteiger partial charge < -0.3 is 20.7 Å². The lowest BCUT2D eigenvalue weighted by Crippen LogP contribution is -2.42. The van der Waals surface area contributed by atoms with E-state index in [2.05, 4.69) is 5.32 Å². The molecule has 1 aliphatic carbocycles. The lowest BCUT2D eigenvalue weighted by atomic mass is 9.85. The Hall–Kier alpha value is -2.89. The molecule has 1 heterocycles. The lowest BCUT2D eigenvalue weighted by Gasteiger charge is -2.35. The number of rotatable bonds is 6. The molecule has 1 saturated carbocycles. The summed E-state index contributed by atoms with van der Waals surface area (Å²) in [5, 5.41) is 28.7. The van der Waals surface area contributed by atoms with Crippen molar-refractivity contribution in [2.45, 2.75) is 25.3 Å². The van der Waals surface area contributed by atoms with Gasteiger partial charge in [-0.05, 0) is 29.5 Å². The monoisotopic (exact) mass is 352 g/mol. The van der Waals surface area contributed by atoms with Crippen molar-refractivity contribution in [1.29, 1.82) is 10.8 Å². The fourth-order valence-electron chi connectivity index (χ4n) is 3.33. The number of nitrogens with zero attached hydrogens (tertiary/aromatic N) is 1. The molecular weight excluding hydrogens is 328 g/mol. The highest BCUT2D eigenvalue weighted by Crippen LogP contribution is 2.35. The van der Waals surface area contributed by atoms with Crippen molar-refractivity contribution < 1.29 is 9.90 Å². The van der Waals surface area contributed by atoms with Crippen LogP contribution in [0.4, 0.5) is 0 Å². The van der Waals surface area contributed by atoms with Crippen LogP contribution in [0.3, 0.4) is 0 Å². The van der Waals surface area contributed by atoms with Crippen LogP contribution < -0.4 is 5.32 Å². The van der Waals surface area contributed by atoms with Crippen LogP contribution >= 0.6 is 0 Å². The number of carbonyl (C=O) groups is 1. The smallest absolute Gasteiger partial charge is 0.272 e. The molecule has 26 heavy (non-hydrogen) atoms. The topological polar surface area (TPSA) is 100 Å². The second kappa shape index (κ2) is 7.56. The maximum Gasteiger partial charge on any atom is 0.272 e. The van der Waals surface area contributed by atoms with Crippen LogP contribution in [0.25, 0.3) is 0 Å². The quantitative estimate of drug-likeness (QED) is 0.468. The molecule has 0 spiro atoms. The maximum absolute atomic E-state index is 12.8. The average Bonchev–Trinajstić information content (AvgIpc) is 3.50. The highest BCUT2D eigenvalue weighted by Gasteiger charge is 2.32. The van der Waals surface area contributed by atoms with Crippen molar-refractivity contribution >= 4 is 17.8 Å². The molecule has 6 nitrogen and oxygen atoms in total. The number of allylic oxidation sites excluding steroid dienone is 1. The SMILES string of the molecule is CN/C=C(\C=N)[C@H]1CN(C(=O)C(=N)/C=C(\O)C2CC2)Cc2ccccc21. The van der Waals surface area contributed by atoms with Crippen LogP contribution in [0.5, 0.6) is 0 Å². The van der Waals surface area contributed by atoms with Gasteiger partial charge in [0, 0.05) is 50.5 Å². The minimum absolute atomic E-state index is 0.112. The summed E-state index contributed by atoms with van der Waals surface area (Å²) in [6.45, 7) is 0.829. The summed E-state index contributed by atoms with van der Waals surface area (Å²) in [5.74, 6) is -0.276. The number of benzene rings is 1. The first-order valence-electron chi connectivity index (χ1n) is 8.79. The van der Waals surface area contributed by atoms with Crippen molar-refractivity contribution in [2.24, 2.45) is 5.92 Å². The number of carbonyl (C=O) groups excluding carboxylic acids is 1. The van der Waals surface area contributed by atoms with E-state index in [0.717, 1.165) is 29.5 Å². The summed E-state index contributed by atoms with van der Waals surface area (Å²) >= 11 is 0. The van der Waals surface area contributed by atoms with Gasteiger partial charge in [0.25, 0.3) is 5.91 Å². The van der Waals surface area contributed by atoms with Crippen molar-refractivity contribution in [3.8, 4) is 0 Å². The van der Waals surface area contributed by atoms with E-state index in [9.17, 15) is 9.90 Å². The van der Waals surface area contributed by atoms with Crippen LogP contribution in [0, 0.1) is 16.7 Å². The zero-order chi connectivity index (χ0) is 18.7. The molecule has 4 N–H and O–H groups in total. The zero-order valence-corrected chi connectivity index (χ0v) is 14.8. The van der Waals surface area contributed by atoms with E-state index < -0.39 is 5.91 Å². The second-order valence-electron chi connectivity index (χ2n) is 6.77. The molecule has 1 amide bonds. The molecule has 6 heteroatoms. The van der Waals surface area contributed by atoms with Gasteiger partial charge in [0.05, 0.1) is 5.76 Å². The first-order chi connectivity index (χ1) is 12.5. The van der Waals surface area contributed by atoms with Crippen LogP contribution in [-0.4, -0.2) is 41.4 Å². The van der Waals surface area contributed by atoms with E-state index in [4.69, 9.17) is 10.8 Å². The highest BCUT2D eigenvalue weighted by molar-refractivity contribution is 6.42. The van der Waals surface area contributed by atoms with E-state index >= 15 is 0 Å². The number of nitrogens with one attached hydrogen (secondary N) is 3. The van der Waals surface area contributed by atoms with Gasteiger partial charge in [-0.1, -0.05) is 24.3 Å². The molecule has 3 rings (SSSR count). The van der Waals surface area contributed by atoms with E-state index in [-0.39, 0.29) is 23.3 Å². The van der Waals surface area contributed by atoms with E-state index in [1.54, 1.807) is 18.1 Å². The summed E-state index contributed by atoms with van der Waals surface area (Å²) in [7, 11) is 1.78. The van der Waals surface area contributed by atoms with Crippen LogP contribution in [0.1, 0.15) is 29.9 Å². The van der Waals surface area contributed by atoms with Gasteiger partial charge >= 0.3 is 0 Å². The summed E-state index contributed by atoms with van der Waals surface area (Å²) in [4.78, 5) is 14.4. The van der Waals surface area contributed by atoms with Crippen molar-refractivity contribution in [2.75, 3.05) is 13.6 Å². The normalized spacial score (nSPS) is 20.3. The second-order valence-corrected chi connectivity index (χ2v) is 6.77. The number of aliphatic hydroxyl groups is 1.